The van der Waals surface area contributed by atoms with E-state index in [1.165, 1.54) is 6.33 Å². The van der Waals surface area contributed by atoms with E-state index in [2.05, 4.69) is 34.1 Å². The lowest BCUT2D eigenvalue weighted by Crippen LogP contribution is -2.52. The third-order valence-corrected chi connectivity index (χ3v) is 4.65. The molecule has 1 saturated heterocycles. The zero-order valence-electron chi connectivity index (χ0n) is 14.3. The van der Waals surface area contributed by atoms with E-state index >= 15 is 0 Å². The quantitative estimate of drug-likeness (QED) is 0.732. The van der Waals surface area contributed by atoms with Gasteiger partial charge in [-0.2, -0.15) is 5.10 Å². The minimum Gasteiger partial charge on any atom is -0.379 e. The number of aromatic nitrogens is 3. The van der Waals surface area contributed by atoms with E-state index in [0.717, 1.165) is 39.1 Å². The van der Waals surface area contributed by atoms with Gasteiger partial charge in [-0.15, -0.1) is 0 Å². The Bertz CT molecular complexity index is 441. The minimum atomic E-state index is 0.0738. The van der Waals surface area contributed by atoms with Crippen LogP contribution in [0.1, 0.15) is 33.1 Å². The van der Waals surface area contributed by atoms with Crippen molar-refractivity contribution in [2.45, 2.75) is 45.7 Å². The summed E-state index contributed by atoms with van der Waals surface area (Å²) in [4.78, 5) is 18.5. The van der Waals surface area contributed by atoms with Crippen LogP contribution < -0.4 is 5.32 Å². The van der Waals surface area contributed by atoms with Gasteiger partial charge in [0.1, 0.15) is 12.7 Å². The van der Waals surface area contributed by atoms with Gasteiger partial charge in [-0.05, 0) is 5.92 Å². The van der Waals surface area contributed by atoms with Gasteiger partial charge in [-0.3, -0.25) is 14.4 Å². The molecule has 0 radical (unpaired) electrons. The average molecular weight is 323 g/mol. The molecule has 0 saturated carbocycles. The van der Waals surface area contributed by atoms with E-state index in [1.807, 2.05) is 0 Å². The molecule has 0 bridgehead atoms. The maximum atomic E-state index is 12.1. The summed E-state index contributed by atoms with van der Waals surface area (Å²) in [5.74, 6) is 0.674. The summed E-state index contributed by atoms with van der Waals surface area (Å²) < 4.78 is 7.14. The van der Waals surface area contributed by atoms with E-state index < -0.39 is 0 Å². The lowest BCUT2D eigenvalue weighted by atomic mass is 9.92. The van der Waals surface area contributed by atoms with E-state index in [9.17, 15) is 4.79 Å². The van der Waals surface area contributed by atoms with E-state index in [4.69, 9.17) is 4.74 Å². The second-order valence-electron chi connectivity index (χ2n) is 6.00. The molecule has 0 aliphatic carbocycles. The van der Waals surface area contributed by atoms with Crippen molar-refractivity contribution < 1.29 is 9.53 Å². The van der Waals surface area contributed by atoms with Gasteiger partial charge in [0.2, 0.25) is 5.91 Å². The van der Waals surface area contributed by atoms with Crippen molar-refractivity contribution in [2.24, 2.45) is 5.92 Å². The number of morpholine rings is 1. The molecule has 1 aliphatic heterocycles. The van der Waals surface area contributed by atoms with Crippen LogP contribution in [0.5, 0.6) is 0 Å². The Morgan fingerprint density at radius 3 is 2.65 bits per heavy atom. The minimum absolute atomic E-state index is 0.0738. The van der Waals surface area contributed by atoms with Crippen molar-refractivity contribution in [2.75, 3.05) is 32.8 Å². The molecule has 130 valence electrons. The summed E-state index contributed by atoms with van der Waals surface area (Å²) in [6, 6.07) is 0.393. The van der Waals surface area contributed by atoms with Gasteiger partial charge in [0.15, 0.2) is 0 Å². The normalized spacial score (nSPS) is 17.3. The number of amides is 1. The van der Waals surface area contributed by atoms with Crippen LogP contribution in [0.25, 0.3) is 0 Å². The number of aryl methyl sites for hydroxylation is 1. The molecule has 0 spiro atoms. The van der Waals surface area contributed by atoms with Crippen LogP contribution in [0.2, 0.25) is 0 Å². The third-order valence-electron chi connectivity index (χ3n) is 4.65. The molecule has 7 heteroatoms. The summed E-state index contributed by atoms with van der Waals surface area (Å²) >= 11 is 0. The third kappa shape index (κ3) is 5.58. The molecular formula is C16H29N5O2. The maximum Gasteiger partial charge on any atom is 0.221 e. The highest BCUT2D eigenvalue weighted by Gasteiger charge is 2.27. The van der Waals surface area contributed by atoms with Gasteiger partial charge in [0.25, 0.3) is 0 Å². The molecule has 1 atom stereocenters. The van der Waals surface area contributed by atoms with Gasteiger partial charge in [0.05, 0.1) is 19.8 Å². The van der Waals surface area contributed by atoms with Crippen LogP contribution in [0.3, 0.4) is 0 Å². The fraction of sp³-hybridized carbons (Fsp3) is 0.812. The Kier molecular flexibility index (Phi) is 7.48. The first-order valence-electron chi connectivity index (χ1n) is 8.65. The first kappa shape index (κ1) is 17.9. The molecule has 2 rings (SSSR count). The highest BCUT2D eigenvalue weighted by molar-refractivity contribution is 5.75. The number of nitrogens with one attached hydrogen (secondary N) is 1. The number of ether oxygens (including phenoxy) is 1. The molecule has 0 aromatic carbocycles. The Balaban J connectivity index is 1.82. The van der Waals surface area contributed by atoms with Crippen molar-refractivity contribution >= 4 is 5.91 Å². The molecule has 1 fully saturated rings. The molecule has 1 aliphatic rings. The first-order valence-corrected chi connectivity index (χ1v) is 8.65. The molecule has 23 heavy (non-hydrogen) atoms. The van der Waals surface area contributed by atoms with Crippen LogP contribution in [0.15, 0.2) is 12.7 Å². The smallest absolute Gasteiger partial charge is 0.221 e. The molecule has 2 heterocycles. The van der Waals surface area contributed by atoms with Crippen molar-refractivity contribution in [3.8, 4) is 0 Å². The highest BCUT2D eigenvalue weighted by Crippen LogP contribution is 2.19. The molecular weight excluding hydrogens is 294 g/mol. The maximum absolute atomic E-state index is 12.1. The predicted octanol–water partition coefficient (Wildman–Crippen LogP) is 0.921. The van der Waals surface area contributed by atoms with Crippen molar-refractivity contribution in [1.82, 2.24) is 25.0 Å². The number of carbonyl (C=O) groups is 1. The Labute approximate surface area is 138 Å². The van der Waals surface area contributed by atoms with Gasteiger partial charge in [0, 0.05) is 32.1 Å². The van der Waals surface area contributed by atoms with Crippen LogP contribution in [0, 0.1) is 5.92 Å². The largest absolute Gasteiger partial charge is 0.379 e. The topological polar surface area (TPSA) is 72.3 Å². The number of hydrogen-bond donors (Lipinski definition) is 1. The fourth-order valence-corrected chi connectivity index (χ4v) is 3.21. The molecule has 7 nitrogen and oxygen atoms in total. The first-order chi connectivity index (χ1) is 11.2. The van der Waals surface area contributed by atoms with E-state index in [1.54, 1.807) is 11.0 Å². The highest BCUT2D eigenvalue weighted by atomic mass is 16.5. The molecule has 1 aromatic heterocycles. The summed E-state index contributed by atoms with van der Waals surface area (Å²) in [6.07, 6.45) is 5.82. The van der Waals surface area contributed by atoms with Crippen molar-refractivity contribution in [3.63, 3.8) is 0 Å². The van der Waals surface area contributed by atoms with Gasteiger partial charge in [-0.1, -0.05) is 26.7 Å². The second kappa shape index (κ2) is 9.62. The van der Waals surface area contributed by atoms with Gasteiger partial charge < -0.3 is 10.1 Å². The average Bonchev–Trinajstić information content (AvgIpc) is 3.11. The Morgan fingerprint density at radius 1 is 1.30 bits per heavy atom. The van der Waals surface area contributed by atoms with Crippen LogP contribution in [-0.2, 0) is 16.1 Å². The Morgan fingerprint density at radius 2 is 2.04 bits per heavy atom. The standard InChI is InChI=1S/C16H29N5O2/c1-3-14(4-2)15(20-7-9-23-10-8-20)11-18-16(22)5-6-21-13-17-12-19-21/h12-15H,3-11H2,1-2H3,(H,18,22). The second-order valence-corrected chi connectivity index (χ2v) is 6.00. The summed E-state index contributed by atoms with van der Waals surface area (Å²) in [7, 11) is 0. The SMILES string of the molecule is CCC(CC)C(CNC(=O)CCn1cncn1)N1CCOCC1. The lowest BCUT2D eigenvalue weighted by molar-refractivity contribution is -0.121. The summed E-state index contributed by atoms with van der Waals surface area (Å²) in [6.45, 7) is 9.23. The molecule has 1 aromatic rings. The number of hydrogen-bond acceptors (Lipinski definition) is 5. The number of nitrogens with zero attached hydrogens (tertiary/aromatic N) is 4. The van der Waals surface area contributed by atoms with Crippen molar-refractivity contribution in [3.05, 3.63) is 12.7 Å². The predicted molar refractivity (Wildman–Crippen MR) is 87.9 cm³/mol. The van der Waals surface area contributed by atoms with Gasteiger partial charge >= 0.3 is 0 Å². The summed E-state index contributed by atoms with van der Waals surface area (Å²) in [5.41, 5.74) is 0. The zero-order chi connectivity index (χ0) is 16.5. The lowest BCUT2D eigenvalue weighted by Gasteiger charge is -2.38. The number of carbonyl (C=O) groups excluding carboxylic acids is 1. The van der Waals surface area contributed by atoms with Crippen LogP contribution >= 0.6 is 0 Å². The summed E-state index contributed by atoms with van der Waals surface area (Å²) in [5, 5.41) is 7.12. The monoisotopic (exact) mass is 323 g/mol. The zero-order valence-corrected chi connectivity index (χ0v) is 14.3. The molecule has 1 N–H and O–H groups in total. The van der Waals surface area contributed by atoms with E-state index in [0.29, 0.717) is 31.5 Å². The van der Waals surface area contributed by atoms with E-state index in [-0.39, 0.29) is 5.91 Å². The molecule has 1 unspecified atom stereocenters. The Hall–Kier alpha value is -1.47. The number of rotatable bonds is 9. The van der Waals surface area contributed by atoms with Crippen LogP contribution in [0.4, 0.5) is 0 Å². The van der Waals surface area contributed by atoms with Crippen LogP contribution in [-0.4, -0.2) is 64.5 Å². The van der Waals surface area contributed by atoms with Gasteiger partial charge in [-0.25, -0.2) is 4.98 Å². The fourth-order valence-electron chi connectivity index (χ4n) is 3.21. The van der Waals surface area contributed by atoms with Crippen molar-refractivity contribution in [1.29, 1.82) is 0 Å². The molecule has 1 amide bonds.